The van der Waals surface area contributed by atoms with Crippen molar-refractivity contribution in [2.45, 2.75) is 38.6 Å². The lowest BCUT2D eigenvalue weighted by atomic mass is 10.1. The number of benzene rings is 2. The van der Waals surface area contributed by atoms with Crippen LogP contribution in [0.25, 0.3) is 11.0 Å². The van der Waals surface area contributed by atoms with E-state index in [4.69, 9.17) is 4.42 Å². The molecule has 0 bridgehead atoms. The number of nitrogens with one attached hydrogen (secondary N) is 2. The van der Waals surface area contributed by atoms with Crippen molar-refractivity contribution in [3.8, 4) is 0 Å². The summed E-state index contributed by atoms with van der Waals surface area (Å²) < 4.78 is 5.81. The highest BCUT2D eigenvalue weighted by Crippen LogP contribution is 2.23. The molecule has 2 aromatic carbocycles. The van der Waals surface area contributed by atoms with Crippen LogP contribution >= 0.6 is 0 Å². The Morgan fingerprint density at radius 3 is 2.53 bits per heavy atom. The van der Waals surface area contributed by atoms with Crippen LogP contribution in [0.2, 0.25) is 0 Å². The van der Waals surface area contributed by atoms with Gasteiger partial charge in [0.1, 0.15) is 11.3 Å². The number of rotatable bonds is 6. The number of carbonyl (C=O) groups excluding carboxylic acids is 2. The highest BCUT2D eigenvalue weighted by molar-refractivity contribution is 5.89. The lowest BCUT2D eigenvalue weighted by molar-refractivity contribution is -0.130. The van der Waals surface area contributed by atoms with E-state index >= 15 is 0 Å². The van der Waals surface area contributed by atoms with Crippen LogP contribution in [0.4, 0.5) is 10.5 Å². The SMILES string of the molecule is CC(NC(=O)Nc1ccc(CCC(=O)N2CCCC2)cc1)c1cc2ccccc2o1. The van der Waals surface area contributed by atoms with Crippen LogP contribution in [0.1, 0.15) is 43.6 Å². The van der Waals surface area contributed by atoms with E-state index in [0.29, 0.717) is 24.3 Å². The third kappa shape index (κ3) is 4.82. The second-order valence-electron chi connectivity index (χ2n) is 7.79. The number of hydrogen-bond acceptors (Lipinski definition) is 3. The van der Waals surface area contributed by atoms with Crippen molar-refractivity contribution in [3.05, 3.63) is 65.9 Å². The van der Waals surface area contributed by atoms with Gasteiger partial charge in [0, 0.05) is 30.6 Å². The molecule has 6 nitrogen and oxygen atoms in total. The molecule has 1 unspecified atom stereocenters. The monoisotopic (exact) mass is 405 g/mol. The summed E-state index contributed by atoms with van der Waals surface area (Å²) in [5.41, 5.74) is 2.60. The zero-order valence-corrected chi connectivity index (χ0v) is 17.2. The van der Waals surface area contributed by atoms with Crippen molar-refractivity contribution in [2.24, 2.45) is 0 Å². The summed E-state index contributed by atoms with van der Waals surface area (Å²) in [7, 11) is 0. The fourth-order valence-corrected chi connectivity index (χ4v) is 3.78. The Bertz CT molecular complexity index is 987. The molecule has 1 saturated heterocycles. The average Bonchev–Trinajstić information content (AvgIpc) is 3.43. The maximum atomic E-state index is 12.3. The van der Waals surface area contributed by atoms with E-state index in [1.165, 1.54) is 0 Å². The first-order valence-corrected chi connectivity index (χ1v) is 10.5. The molecule has 0 spiro atoms. The van der Waals surface area contributed by atoms with E-state index in [1.54, 1.807) is 0 Å². The minimum Gasteiger partial charge on any atom is -0.459 e. The van der Waals surface area contributed by atoms with E-state index in [1.807, 2.05) is 66.4 Å². The molecule has 3 aromatic rings. The van der Waals surface area contributed by atoms with Crippen molar-refractivity contribution in [3.63, 3.8) is 0 Å². The van der Waals surface area contributed by atoms with Gasteiger partial charge < -0.3 is 20.0 Å². The number of hydrogen-bond donors (Lipinski definition) is 2. The van der Waals surface area contributed by atoms with Gasteiger partial charge >= 0.3 is 6.03 Å². The zero-order valence-electron chi connectivity index (χ0n) is 17.2. The largest absolute Gasteiger partial charge is 0.459 e. The Morgan fingerprint density at radius 1 is 1.07 bits per heavy atom. The molecule has 2 N–H and O–H groups in total. The molecule has 0 aliphatic carbocycles. The molecule has 0 radical (unpaired) electrons. The molecule has 1 aliphatic heterocycles. The van der Waals surface area contributed by atoms with Crippen molar-refractivity contribution >= 4 is 28.6 Å². The number of aryl methyl sites for hydroxylation is 1. The minimum absolute atomic E-state index is 0.230. The van der Waals surface area contributed by atoms with Crippen LogP contribution in [-0.4, -0.2) is 29.9 Å². The first-order chi connectivity index (χ1) is 14.6. The predicted octanol–water partition coefficient (Wildman–Crippen LogP) is 4.87. The molecule has 1 aromatic heterocycles. The van der Waals surface area contributed by atoms with E-state index in [0.717, 1.165) is 42.5 Å². The lowest BCUT2D eigenvalue weighted by Gasteiger charge is -2.15. The number of nitrogens with zero attached hydrogens (tertiary/aromatic N) is 1. The van der Waals surface area contributed by atoms with Gasteiger partial charge in [0.05, 0.1) is 6.04 Å². The Kier molecular flexibility index (Phi) is 6.02. The van der Waals surface area contributed by atoms with E-state index in [9.17, 15) is 9.59 Å². The molecule has 2 heterocycles. The van der Waals surface area contributed by atoms with Crippen LogP contribution < -0.4 is 10.6 Å². The van der Waals surface area contributed by atoms with E-state index in [-0.39, 0.29) is 18.0 Å². The van der Waals surface area contributed by atoms with Gasteiger partial charge in [0.2, 0.25) is 5.91 Å². The minimum atomic E-state index is -0.292. The fraction of sp³-hybridized carbons (Fsp3) is 0.333. The van der Waals surface area contributed by atoms with Gasteiger partial charge in [0.25, 0.3) is 0 Å². The molecule has 1 fully saturated rings. The maximum absolute atomic E-state index is 12.3. The molecule has 1 aliphatic rings. The van der Waals surface area contributed by atoms with Crippen LogP contribution in [0.15, 0.2) is 59.0 Å². The maximum Gasteiger partial charge on any atom is 0.319 e. The Balaban J connectivity index is 1.27. The van der Waals surface area contributed by atoms with E-state index < -0.39 is 0 Å². The van der Waals surface area contributed by atoms with Gasteiger partial charge in [-0.15, -0.1) is 0 Å². The molecule has 4 rings (SSSR count). The zero-order chi connectivity index (χ0) is 20.9. The number of carbonyl (C=O) groups is 2. The number of amides is 3. The Labute approximate surface area is 176 Å². The molecule has 156 valence electrons. The summed E-state index contributed by atoms with van der Waals surface area (Å²) in [5, 5.41) is 6.76. The molecular weight excluding hydrogens is 378 g/mol. The Hall–Kier alpha value is -3.28. The summed E-state index contributed by atoms with van der Waals surface area (Å²) >= 11 is 0. The molecule has 30 heavy (non-hydrogen) atoms. The third-order valence-corrected chi connectivity index (χ3v) is 5.52. The lowest BCUT2D eigenvalue weighted by Crippen LogP contribution is -2.30. The number of urea groups is 1. The molecule has 1 atom stereocenters. The third-order valence-electron chi connectivity index (χ3n) is 5.52. The van der Waals surface area contributed by atoms with Crippen LogP contribution in [-0.2, 0) is 11.2 Å². The topological polar surface area (TPSA) is 74.6 Å². The highest BCUT2D eigenvalue weighted by atomic mass is 16.3. The number of furan rings is 1. The van der Waals surface area contributed by atoms with Crippen LogP contribution in [0.3, 0.4) is 0 Å². The average molecular weight is 405 g/mol. The molecule has 3 amide bonds. The molecule has 6 heteroatoms. The van der Waals surface area contributed by atoms with Crippen molar-refractivity contribution in [1.82, 2.24) is 10.2 Å². The summed E-state index contributed by atoms with van der Waals surface area (Å²) in [6, 6.07) is 16.8. The quantitative estimate of drug-likeness (QED) is 0.614. The first-order valence-electron chi connectivity index (χ1n) is 10.5. The fourth-order valence-electron chi connectivity index (χ4n) is 3.78. The normalized spacial score (nSPS) is 14.6. The number of anilines is 1. The van der Waals surface area contributed by atoms with Gasteiger partial charge in [0.15, 0.2) is 0 Å². The van der Waals surface area contributed by atoms with Crippen LogP contribution in [0.5, 0.6) is 0 Å². The van der Waals surface area contributed by atoms with Gasteiger partial charge in [-0.25, -0.2) is 4.79 Å². The number of fused-ring (bicyclic) bond motifs is 1. The summed E-state index contributed by atoms with van der Waals surface area (Å²) in [6.45, 7) is 3.67. The van der Waals surface area contributed by atoms with Crippen molar-refractivity contribution in [2.75, 3.05) is 18.4 Å². The first kappa shape index (κ1) is 20.0. The second-order valence-corrected chi connectivity index (χ2v) is 7.79. The standard InChI is InChI=1S/C24H27N3O3/c1-17(22-16-19-6-2-3-7-21(19)30-22)25-24(29)26-20-11-8-18(9-12-20)10-13-23(28)27-14-4-5-15-27/h2-3,6-9,11-12,16-17H,4-5,10,13-15H2,1H3,(H2,25,26,29). The highest BCUT2D eigenvalue weighted by Gasteiger charge is 2.17. The van der Waals surface area contributed by atoms with Crippen LogP contribution in [0, 0.1) is 0 Å². The smallest absolute Gasteiger partial charge is 0.319 e. The van der Waals surface area contributed by atoms with E-state index in [2.05, 4.69) is 10.6 Å². The number of likely N-dealkylation sites (tertiary alicyclic amines) is 1. The number of para-hydroxylation sites is 1. The summed E-state index contributed by atoms with van der Waals surface area (Å²) in [6.07, 6.45) is 3.47. The van der Waals surface area contributed by atoms with Gasteiger partial charge in [-0.05, 0) is 56.0 Å². The summed E-state index contributed by atoms with van der Waals surface area (Å²) in [5.74, 6) is 0.943. The molecular formula is C24H27N3O3. The van der Waals surface area contributed by atoms with Gasteiger partial charge in [-0.2, -0.15) is 0 Å². The van der Waals surface area contributed by atoms with Gasteiger partial charge in [-0.1, -0.05) is 30.3 Å². The Morgan fingerprint density at radius 2 is 1.80 bits per heavy atom. The van der Waals surface area contributed by atoms with Crippen molar-refractivity contribution in [1.29, 1.82) is 0 Å². The predicted molar refractivity (Wildman–Crippen MR) is 117 cm³/mol. The summed E-state index contributed by atoms with van der Waals surface area (Å²) in [4.78, 5) is 26.5. The van der Waals surface area contributed by atoms with Crippen molar-refractivity contribution < 1.29 is 14.0 Å². The second kappa shape index (κ2) is 9.03. The molecule has 0 saturated carbocycles. The van der Waals surface area contributed by atoms with Gasteiger partial charge in [-0.3, -0.25) is 4.79 Å².